The van der Waals surface area contributed by atoms with Crippen LogP contribution < -0.4 is 11.5 Å². The van der Waals surface area contributed by atoms with Gasteiger partial charge in [-0.15, -0.1) is 0 Å². The minimum absolute atomic E-state index is 0.0403. The first kappa shape index (κ1) is 17.4. The maximum Gasteiger partial charge on any atom is 0.200 e. The Morgan fingerprint density at radius 3 is 2.75 bits per heavy atom. The molecule has 130 valence electrons. The third kappa shape index (κ3) is 2.97. The van der Waals surface area contributed by atoms with Crippen LogP contribution >= 0.6 is 11.6 Å². The van der Waals surface area contributed by atoms with Crippen molar-refractivity contribution in [3.63, 3.8) is 0 Å². The number of Topliss-reactive ketones (excluding diaryl/α,β-unsaturated/α-hetero) is 1. The zero-order valence-electron chi connectivity index (χ0n) is 14.0. The van der Waals surface area contributed by atoms with E-state index in [1.54, 1.807) is 32.0 Å². The summed E-state index contributed by atoms with van der Waals surface area (Å²) in [6.45, 7) is 3.55. The Hall–Kier alpha value is -1.40. The number of fused-ring (bicyclic) bond motifs is 1. The van der Waals surface area contributed by atoms with Gasteiger partial charge in [-0.3, -0.25) is 4.79 Å². The third-order valence-electron chi connectivity index (χ3n) is 5.36. The number of halogens is 1. The van der Waals surface area contributed by atoms with Gasteiger partial charge in [0, 0.05) is 22.0 Å². The Morgan fingerprint density at radius 2 is 2.12 bits per heavy atom. The van der Waals surface area contributed by atoms with Crippen molar-refractivity contribution in [2.24, 2.45) is 17.4 Å². The zero-order chi connectivity index (χ0) is 17.7. The van der Waals surface area contributed by atoms with Crippen molar-refractivity contribution >= 4 is 28.3 Å². The van der Waals surface area contributed by atoms with Crippen molar-refractivity contribution < 1.29 is 9.90 Å². The molecule has 0 radical (unpaired) electrons. The number of ketones is 1. The van der Waals surface area contributed by atoms with Crippen LogP contribution in [0.4, 0.5) is 0 Å². The molecule has 1 aliphatic rings. The fourth-order valence-electron chi connectivity index (χ4n) is 3.63. The number of nitrogens with one attached hydrogen (secondary N) is 1. The molecule has 5 nitrogen and oxygen atoms in total. The summed E-state index contributed by atoms with van der Waals surface area (Å²) in [4.78, 5) is 16.1. The highest BCUT2D eigenvalue weighted by molar-refractivity contribution is 6.31. The van der Waals surface area contributed by atoms with Crippen molar-refractivity contribution in [3.8, 4) is 0 Å². The van der Waals surface area contributed by atoms with Crippen molar-refractivity contribution in [1.29, 1.82) is 0 Å². The SMILES string of the molecule is CC(C)(O)C1CCC(N)(C(=O)c2cc3cc(Cl)ccc3[nH]2)C(N)C1. The Bertz CT molecular complexity index is 780. The van der Waals surface area contributed by atoms with Gasteiger partial charge in [0.1, 0.15) is 0 Å². The second kappa shape index (κ2) is 5.85. The van der Waals surface area contributed by atoms with Crippen LogP contribution in [0, 0.1) is 5.92 Å². The Kier molecular flexibility index (Phi) is 4.24. The molecule has 6 heteroatoms. The zero-order valence-corrected chi connectivity index (χ0v) is 14.7. The van der Waals surface area contributed by atoms with Gasteiger partial charge in [0.15, 0.2) is 5.78 Å². The molecule has 1 aromatic carbocycles. The van der Waals surface area contributed by atoms with E-state index in [9.17, 15) is 9.90 Å². The number of rotatable bonds is 3. The fourth-order valence-corrected chi connectivity index (χ4v) is 3.81. The molecule has 0 saturated heterocycles. The number of H-pyrrole nitrogens is 1. The third-order valence-corrected chi connectivity index (χ3v) is 5.59. The lowest BCUT2D eigenvalue weighted by Gasteiger charge is -2.44. The quantitative estimate of drug-likeness (QED) is 0.639. The topological polar surface area (TPSA) is 105 Å². The summed E-state index contributed by atoms with van der Waals surface area (Å²) in [6, 6.07) is 6.69. The van der Waals surface area contributed by atoms with E-state index in [2.05, 4.69) is 4.98 Å². The minimum atomic E-state index is -1.12. The first-order chi connectivity index (χ1) is 11.1. The molecule has 6 N–H and O–H groups in total. The van der Waals surface area contributed by atoms with Crippen LogP contribution in [0.5, 0.6) is 0 Å². The van der Waals surface area contributed by atoms with Crippen LogP contribution in [0.15, 0.2) is 24.3 Å². The highest BCUT2D eigenvalue weighted by atomic mass is 35.5. The normalized spacial score (nSPS) is 28.2. The molecule has 1 aliphatic carbocycles. The number of aromatic amines is 1. The summed E-state index contributed by atoms with van der Waals surface area (Å²) < 4.78 is 0. The molecule has 1 saturated carbocycles. The largest absolute Gasteiger partial charge is 0.390 e. The average molecular weight is 350 g/mol. The van der Waals surface area contributed by atoms with Crippen LogP contribution in [0.25, 0.3) is 10.9 Å². The van der Waals surface area contributed by atoms with E-state index < -0.39 is 17.2 Å². The average Bonchev–Trinajstić information content (AvgIpc) is 2.91. The highest BCUT2D eigenvalue weighted by Crippen LogP contribution is 2.37. The molecule has 3 atom stereocenters. The first-order valence-electron chi connectivity index (χ1n) is 8.21. The molecule has 1 fully saturated rings. The van der Waals surface area contributed by atoms with Crippen LogP contribution in [-0.2, 0) is 0 Å². The van der Waals surface area contributed by atoms with Crippen LogP contribution in [0.1, 0.15) is 43.6 Å². The standard InChI is InChI=1S/C18H24ClN3O2/c1-17(2,24)11-5-6-18(21,15(20)9-11)16(23)14-8-10-7-12(19)3-4-13(10)22-14/h3-4,7-8,11,15,22,24H,5-6,9,20-21H2,1-2H3. The Balaban J connectivity index is 1.88. The first-order valence-corrected chi connectivity index (χ1v) is 8.59. The lowest BCUT2D eigenvalue weighted by Crippen LogP contribution is -2.64. The number of benzene rings is 1. The molecular weight excluding hydrogens is 326 g/mol. The summed E-state index contributed by atoms with van der Waals surface area (Å²) in [7, 11) is 0. The molecule has 0 aliphatic heterocycles. The van der Waals surface area contributed by atoms with Crippen molar-refractivity contribution in [1.82, 2.24) is 4.98 Å². The molecule has 1 aromatic heterocycles. The molecule has 24 heavy (non-hydrogen) atoms. The van der Waals surface area contributed by atoms with Gasteiger partial charge in [-0.25, -0.2) is 0 Å². The number of aliphatic hydroxyl groups is 1. The van der Waals surface area contributed by atoms with Gasteiger partial charge in [0.05, 0.1) is 16.8 Å². The molecule has 3 unspecified atom stereocenters. The second-order valence-corrected chi connectivity index (χ2v) is 7.95. The van der Waals surface area contributed by atoms with Gasteiger partial charge >= 0.3 is 0 Å². The van der Waals surface area contributed by atoms with Gasteiger partial charge in [-0.2, -0.15) is 0 Å². The van der Waals surface area contributed by atoms with Gasteiger partial charge in [0.2, 0.25) is 0 Å². The smallest absolute Gasteiger partial charge is 0.200 e. The molecule has 0 amide bonds. The van der Waals surface area contributed by atoms with E-state index in [0.717, 1.165) is 10.9 Å². The summed E-state index contributed by atoms with van der Waals surface area (Å²) in [6.07, 6.45) is 1.65. The molecule has 1 heterocycles. The monoisotopic (exact) mass is 349 g/mol. The van der Waals surface area contributed by atoms with Crippen molar-refractivity contribution in [2.75, 3.05) is 0 Å². The summed E-state index contributed by atoms with van der Waals surface area (Å²) in [5, 5.41) is 11.7. The van der Waals surface area contributed by atoms with E-state index in [1.165, 1.54) is 0 Å². The number of hydrogen-bond donors (Lipinski definition) is 4. The number of hydrogen-bond acceptors (Lipinski definition) is 4. The molecule has 2 aromatic rings. The van der Waals surface area contributed by atoms with Gasteiger partial charge in [-0.1, -0.05) is 11.6 Å². The fraction of sp³-hybridized carbons (Fsp3) is 0.500. The predicted molar refractivity (Wildman–Crippen MR) is 96.2 cm³/mol. The highest BCUT2D eigenvalue weighted by Gasteiger charge is 2.47. The van der Waals surface area contributed by atoms with E-state index in [-0.39, 0.29) is 11.7 Å². The summed E-state index contributed by atoms with van der Waals surface area (Å²) in [5.41, 5.74) is 12.0. The maximum absolute atomic E-state index is 13.0. The lowest BCUT2D eigenvalue weighted by atomic mass is 9.67. The number of nitrogens with two attached hydrogens (primary N) is 2. The molecular formula is C18H24ClN3O2. The van der Waals surface area contributed by atoms with Crippen LogP contribution in [0.3, 0.4) is 0 Å². The lowest BCUT2D eigenvalue weighted by molar-refractivity contribution is -0.0124. The van der Waals surface area contributed by atoms with Gasteiger partial charge < -0.3 is 21.6 Å². The predicted octanol–water partition coefficient (Wildman–Crippen LogP) is 2.60. The summed E-state index contributed by atoms with van der Waals surface area (Å²) >= 11 is 6.00. The van der Waals surface area contributed by atoms with Crippen LogP contribution in [0.2, 0.25) is 5.02 Å². The van der Waals surface area contributed by atoms with E-state index >= 15 is 0 Å². The van der Waals surface area contributed by atoms with E-state index in [1.807, 2.05) is 6.07 Å². The van der Waals surface area contributed by atoms with Crippen molar-refractivity contribution in [2.45, 2.75) is 50.3 Å². The van der Waals surface area contributed by atoms with Gasteiger partial charge in [-0.05, 0) is 63.3 Å². The van der Waals surface area contributed by atoms with Crippen molar-refractivity contribution in [3.05, 3.63) is 35.0 Å². The molecule has 0 bridgehead atoms. The Morgan fingerprint density at radius 1 is 1.42 bits per heavy atom. The number of carbonyl (C=O) groups excluding carboxylic acids is 1. The Labute approximate surface area is 146 Å². The van der Waals surface area contributed by atoms with Crippen LogP contribution in [-0.4, -0.2) is 33.1 Å². The maximum atomic E-state index is 13.0. The van der Waals surface area contributed by atoms with E-state index in [0.29, 0.717) is 30.0 Å². The van der Waals surface area contributed by atoms with E-state index in [4.69, 9.17) is 23.1 Å². The summed E-state index contributed by atoms with van der Waals surface area (Å²) in [5.74, 6) is -0.144. The molecule has 0 spiro atoms. The number of carbonyl (C=O) groups is 1. The molecule has 3 rings (SSSR count). The second-order valence-electron chi connectivity index (χ2n) is 7.52. The van der Waals surface area contributed by atoms with Gasteiger partial charge in [0.25, 0.3) is 0 Å². The number of aromatic nitrogens is 1. The minimum Gasteiger partial charge on any atom is -0.390 e.